The van der Waals surface area contributed by atoms with Gasteiger partial charge in [0.2, 0.25) is 10.0 Å². The van der Waals surface area contributed by atoms with Gasteiger partial charge >= 0.3 is 0 Å². The lowest BCUT2D eigenvalue weighted by molar-refractivity contribution is 0.0949. The number of piperidine rings is 1. The first-order chi connectivity index (χ1) is 12.9. The van der Waals surface area contributed by atoms with Crippen molar-refractivity contribution in [1.82, 2.24) is 15.3 Å². The molecule has 8 nitrogen and oxygen atoms in total. The van der Waals surface area contributed by atoms with Crippen LogP contribution in [-0.2, 0) is 16.4 Å². The molecule has 2 heterocycles. The SMILES string of the molecule is NS(=O)(=O)c1ccc(CCNC(=O)c2cnc(N3CCCCC3)cn2)cc1. The maximum Gasteiger partial charge on any atom is 0.271 e. The zero-order valence-corrected chi connectivity index (χ0v) is 15.8. The number of nitrogens with one attached hydrogen (secondary N) is 1. The van der Waals surface area contributed by atoms with Crippen LogP contribution >= 0.6 is 0 Å². The van der Waals surface area contributed by atoms with Gasteiger partial charge in [0.25, 0.3) is 5.91 Å². The van der Waals surface area contributed by atoms with Gasteiger partial charge in [0.05, 0.1) is 17.3 Å². The largest absolute Gasteiger partial charge is 0.355 e. The van der Waals surface area contributed by atoms with Gasteiger partial charge in [0.1, 0.15) is 11.5 Å². The van der Waals surface area contributed by atoms with E-state index in [1.165, 1.54) is 24.8 Å². The molecule has 2 aromatic rings. The number of benzene rings is 1. The van der Waals surface area contributed by atoms with Crippen molar-refractivity contribution in [3.05, 3.63) is 47.9 Å². The van der Waals surface area contributed by atoms with Crippen molar-refractivity contribution in [2.75, 3.05) is 24.5 Å². The van der Waals surface area contributed by atoms with Crippen LogP contribution < -0.4 is 15.4 Å². The minimum atomic E-state index is -3.69. The first-order valence-corrected chi connectivity index (χ1v) is 10.4. The maximum atomic E-state index is 12.2. The van der Waals surface area contributed by atoms with E-state index in [0.29, 0.717) is 13.0 Å². The molecule has 1 aromatic heterocycles. The van der Waals surface area contributed by atoms with Gasteiger partial charge in [0.15, 0.2) is 0 Å². The van der Waals surface area contributed by atoms with Crippen molar-refractivity contribution < 1.29 is 13.2 Å². The van der Waals surface area contributed by atoms with E-state index < -0.39 is 10.0 Å². The maximum absolute atomic E-state index is 12.2. The standard InChI is InChI=1S/C18H23N5O3S/c19-27(25,26)15-6-4-14(5-7-15)8-9-20-18(24)16-12-22-17(13-21-16)23-10-2-1-3-11-23/h4-7,12-13H,1-3,8-11H2,(H,20,24)(H2,19,25,26). The highest BCUT2D eigenvalue weighted by molar-refractivity contribution is 7.89. The van der Waals surface area contributed by atoms with Crippen LogP contribution in [0.1, 0.15) is 35.3 Å². The number of hydrogen-bond donors (Lipinski definition) is 2. The summed E-state index contributed by atoms with van der Waals surface area (Å²) in [4.78, 5) is 23.0. The predicted octanol–water partition coefficient (Wildman–Crippen LogP) is 1.09. The number of aromatic nitrogens is 2. The molecule has 0 aliphatic carbocycles. The lowest BCUT2D eigenvalue weighted by Gasteiger charge is -2.27. The van der Waals surface area contributed by atoms with Gasteiger partial charge in [-0.3, -0.25) is 4.79 Å². The lowest BCUT2D eigenvalue weighted by Crippen LogP contribution is -2.31. The number of primary sulfonamides is 1. The van der Waals surface area contributed by atoms with E-state index in [4.69, 9.17) is 5.14 Å². The van der Waals surface area contributed by atoms with Crippen molar-refractivity contribution in [3.8, 4) is 0 Å². The number of rotatable bonds is 6. The summed E-state index contributed by atoms with van der Waals surface area (Å²) < 4.78 is 22.5. The summed E-state index contributed by atoms with van der Waals surface area (Å²) in [5, 5.41) is 7.86. The Kier molecular flexibility index (Phi) is 6.02. The highest BCUT2D eigenvalue weighted by Gasteiger charge is 2.14. The summed E-state index contributed by atoms with van der Waals surface area (Å²) in [7, 11) is -3.69. The van der Waals surface area contributed by atoms with E-state index in [1.54, 1.807) is 18.3 Å². The third-order valence-corrected chi connectivity index (χ3v) is 5.43. The fourth-order valence-electron chi connectivity index (χ4n) is 2.98. The number of amides is 1. The molecule has 3 rings (SSSR count). The Balaban J connectivity index is 1.50. The molecular weight excluding hydrogens is 366 g/mol. The second-order valence-electron chi connectivity index (χ2n) is 6.50. The van der Waals surface area contributed by atoms with Crippen molar-refractivity contribution >= 4 is 21.7 Å². The van der Waals surface area contributed by atoms with E-state index in [0.717, 1.165) is 37.3 Å². The monoisotopic (exact) mass is 389 g/mol. The number of anilines is 1. The Morgan fingerprint density at radius 1 is 1.07 bits per heavy atom. The van der Waals surface area contributed by atoms with E-state index >= 15 is 0 Å². The molecule has 1 aliphatic heterocycles. The van der Waals surface area contributed by atoms with Crippen LogP contribution in [0.2, 0.25) is 0 Å². The Labute approximate surface area is 158 Å². The topological polar surface area (TPSA) is 118 Å². The first-order valence-electron chi connectivity index (χ1n) is 8.90. The summed E-state index contributed by atoms with van der Waals surface area (Å²) in [6.45, 7) is 2.36. The molecule has 9 heteroatoms. The van der Waals surface area contributed by atoms with E-state index in [1.807, 2.05) is 0 Å². The normalized spacial score (nSPS) is 14.8. The smallest absolute Gasteiger partial charge is 0.271 e. The summed E-state index contributed by atoms with van der Waals surface area (Å²) in [5.74, 6) is 0.523. The molecule has 0 atom stereocenters. The third kappa shape index (κ3) is 5.24. The van der Waals surface area contributed by atoms with Crippen LogP contribution in [0.15, 0.2) is 41.6 Å². The molecule has 1 amide bonds. The summed E-state index contributed by atoms with van der Waals surface area (Å²) in [6, 6.07) is 6.27. The Morgan fingerprint density at radius 2 is 1.78 bits per heavy atom. The van der Waals surface area contributed by atoms with E-state index in [2.05, 4.69) is 20.2 Å². The summed E-state index contributed by atoms with van der Waals surface area (Å²) >= 11 is 0. The van der Waals surface area contributed by atoms with Gasteiger partial charge in [-0.1, -0.05) is 12.1 Å². The molecule has 0 bridgehead atoms. The van der Waals surface area contributed by atoms with Gasteiger partial charge in [-0.05, 0) is 43.4 Å². The zero-order chi connectivity index (χ0) is 19.3. The minimum Gasteiger partial charge on any atom is -0.355 e. The fraction of sp³-hybridized carbons (Fsp3) is 0.389. The van der Waals surface area contributed by atoms with E-state index in [9.17, 15) is 13.2 Å². The van der Waals surface area contributed by atoms with Gasteiger partial charge < -0.3 is 10.2 Å². The van der Waals surface area contributed by atoms with Gasteiger partial charge in [-0.25, -0.2) is 23.5 Å². The molecule has 0 saturated carbocycles. The third-order valence-electron chi connectivity index (χ3n) is 4.50. The molecule has 1 saturated heterocycles. The van der Waals surface area contributed by atoms with Gasteiger partial charge in [0, 0.05) is 19.6 Å². The van der Waals surface area contributed by atoms with Crippen molar-refractivity contribution in [3.63, 3.8) is 0 Å². The van der Waals surface area contributed by atoms with Crippen LogP contribution in [0, 0.1) is 0 Å². The molecule has 144 valence electrons. The quantitative estimate of drug-likeness (QED) is 0.763. The molecule has 1 aliphatic rings. The number of sulfonamides is 1. The van der Waals surface area contributed by atoms with Crippen LogP contribution in [-0.4, -0.2) is 43.9 Å². The minimum absolute atomic E-state index is 0.0688. The van der Waals surface area contributed by atoms with Crippen LogP contribution in [0.4, 0.5) is 5.82 Å². The molecule has 1 fully saturated rings. The zero-order valence-electron chi connectivity index (χ0n) is 15.0. The number of carbonyl (C=O) groups excluding carboxylic acids is 1. The molecule has 0 spiro atoms. The molecule has 27 heavy (non-hydrogen) atoms. The average molecular weight is 389 g/mol. The van der Waals surface area contributed by atoms with Gasteiger partial charge in [-0.15, -0.1) is 0 Å². The van der Waals surface area contributed by atoms with Crippen molar-refractivity contribution in [2.45, 2.75) is 30.6 Å². The Hall–Kier alpha value is -2.52. The predicted molar refractivity (Wildman–Crippen MR) is 102 cm³/mol. The molecular formula is C18H23N5O3S. The summed E-state index contributed by atoms with van der Waals surface area (Å²) in [5.41, 5.74) is 1.18. The number of nitrogens with two attached hydrogens (primary N) is 1. The summed E-state index contributed by atoms with van der Waals surface area (Å²) in [6.07, 6.45) is 7.27. The molecule has 0 unspecified atom stereocenters. The van der Waals surface area contributed by atoms with Crippen LogP contribution in [0.5, 0.6) is 0 Å². The Bertz CT molecular complexity index is 876. The van der Waals surface area contributed by atoms with Crippen molar-refractivity contribution in [2.24, 2.45) is 5.14 Å². The highest BCUT2D eigenvalue weighted by atomic mass is 32.2. The molecule has 3 N–H and O–H groups in total. The molecule has 0 radical (unpaired) electrons. The Morgan fingerprint density at radius 3 is 2.37 bits per heavy atom. The van der Waals surface area contributed by atoms with Gasteiger partial charge in [-0.2, -0.15) is 0 Å². The first kappa shape index (κ1) is 19.2. The fourth-order valence-corrected chi connectivity index (χ4v) is 3.50. The number of carbonyl (C=O) groups is 1. The second kappa shape index (κ2) is 8.45. The highest BCUT2D eigenvalue weighted by Crippen LogP contribution is 2.16. The van der Waals surface area contributed by atoms with Crippen LogP contribution in [0.25, 0.3) is 0 Å². The number of nitrogens with zero attached hydrogens (tertiary/aromatic N) is 3. The average Bonchev–Trinajstić information content (AvgIpc) is 2.68. The van der Waals surface area contributed by atoms with Crippen LogP contribution in [0.3, 0.4) is 0 Å². The lowest BCUT2D eigenvalue weighted by atomic mass is 10.1. The molecule has 1 aromatic carbocycles. The number of hydrogen-bond acceptors (Lipinski definition) is 6. The second-order valence-corrected chi connectivity index (χ2v) is 8.06. The van der Waals surface area contributed by atoms with Crippen molar-refractivity contribution in [1.29, 1.82) is 0 Å². The van der Waals surface area contributed by atoms with E-state index in [-0.39, 0.29) is 16.5 Å².